The lowest BCUT2D eigenvalue weighted by Gasteiger charge is -2.15. The van der Waals surface area contributed by atoms with E-state index >= 15 is 0 Å². The first-order valence-electron chi connectivity index (χ1n) is 8.55. The fourth-order valence-electron chi connectivity index (χ4n) is 2.57. The minimum atomic E-state index is 0. The van der Waals surface area contributed by atoms with Crippen LogP contribution in [-0.4, -0.2) is 35.7 Å². The molecule has 0 radical (unpaired) electrons. The summed E-state index contributed by atoms with van der Waals surface area (Å²) in [6.07, 6.45) is 5.51. The summed E-state index contributed by atoms with van der Waals surface area (Å²) in [6, 6.07) is 18.0. The lowest BCUT2D eigenvalue weighted by Crippen LogP contribution is -2.39. The Morgan fingerprint density at radius 3 is 2.59 bits per heavy atom. The lowest BCUT2D eigenvalue weighted by molar-refractivity contribution is 0.322. The monoisotopic (exact) mass is 477 g/mol. The number of rotatable bonds is 7. The van der Waals surface area contributed by atoms with E-state index in [1.54, 1.807) is 19.6 Å². The normalized spacial score (nSPS) is 10.8. The molecule has 0 aliphatic rings. The van der Waals surface area contributed by atoms with Crippen LogP contribution >= 0.6 is 24.0 Å². The number of guanidine groups is 1. The lowest BCUT2D eigenvalue weighted by atomic mass is 10.1. The van der Waals surface area contributed by atoms with Gasteiger partial charge >= 0.3 is 0 Å². The third-order valence-electron chi connectivity index (χ3n) is 3.85. The Morgan fingerprint density at radius 2 is 1.85 bits per heavy atom. The number of para-hydroxylation sites is 2. The van der Waals surface area contributed by atoms with Crippen molar-refractivity contribution in [1.29, 1.82) is 0 Å². The molecule has 3 aromatic rings. The molecule has 0 saturated carbocycles. The molecule has 0 unspecified atom stereocenters. The van der Waals surface area contributed by atoms with Gasteiger partial charge in [-0.2, -0.15) is 0 Å². The summed E-state index contributed by atoms with van der Waals surface area (Å²) in [7, 11) is 1.76. The quantitative estimate of drug-likeness (QED) is 0.238. The molecule has 0 atom stereocenters. The second-order valence-electron chi connectivity index (χ2n) is 5.61. The van der Waals surface area contributed by atoms with E-state index in [-0.39, 0.29) is 24.0 Å². The van der Waals surface area contributed by atoms with Gasteiger partial charge in [-0.25, -0.2) is 4.98 Å². The molecule has 7 heteroatoms. The van der Waals surface area contributed by atoms with Gasteiger partial charge in [-0.05, 0) is 23.8 Å². The van der Waals surface area contributed by atoms with Gasteiger partial charge in [-0.3, -0.25) is 4.99 Å². The number of imidazole rings is 1. The molecular weight excluding hydrogens is 453 g/mol. The third kappa shape index (κ3) is 6.28. The number of hydrogen-bond acceptors (Lipinski definition) is 3. The molecule has 3 rings (SSSR count). The predicted molar refractivity (Wildman–Crippen MR) is 119 cm³/mol. The van der Waals surface area contributed by atoms with Gasteiger partial charge in [0.2, 0.25) is 0 Å². The van der Waals surface area contributed by atoms with Crippen molar-refractivity contribution in [3.8, 4) is 11.4 Å². The molecule has 0 aliphatic carbocycles. The van der Waals surface area contributed by atoms with Crippen LogP contribution in [0.2, 0.25) is 0 Å². The first kappa shape index (κ1) is 20.8. The second-order valence-corrected chi connectivity index (χ2v) is 5.61. The van der Waals surface area contributed by atoms with Gasteiger partial charge < -0.3 is 19.9 Å². The van der Waals surface area contributed by atoms with Crippen molar-refractivity contribution in [3.63, 3.8) is 0 Å². The summed E-state index contributed by atoms with van der Waals surface area (Å²) in [4.78, 5) is 8.38. The van der Waals surface area contributed by atoms with Gasteiger partial charge in [0.25, 0.3) is 0 Å². The molecule has 27 heavy (non-hydrogen) atoms. The fourth-order valence-corrected chi connectivity index (χ4v) is 2.57. The summed E-state index contributed by atoms with van der Waals surface area (Å²) >= 11 is 0. The Bertz CT molecular complexity index is 821. The van der Waals surface area contributed by atoms with E-state index in [9.17, 15) is 0 Å². The number of nitrogens with zero attached hydrogens (tertiary/aromatic N) is 3. The largest absolute Gasteiger partial charge is 0.492 e. The Balaban J connectivity index is 0.00000261. The molecule has 0 spiro atoms. The summed E-state index contributed by atoms with van der Waals surface area (Å²) in [5.41, 5.74) is 2.26. The van der Waals surface area contributed by atoms with Crippen LogP contribution in [0.25, 0.3) is 5.69 Å². The molecule has 0 bridgehead atoms. The third-order valence-corrected chi connectivity index (χ3v) is 3.85. The van der Waals surface area contributed by atoms with E-state index in [4.69, 9.17) is 4.74 Å². The van der Waals surface area contributed by atoms with Crippen molar-refractivity contribution in [2.24, 2.45) is 4.99 Å². The van der Waals surface area contributed by atoms with Crippen LogP contribution in [0.3, 0.4) is 0 Å². The summed E-state index contributed by atoms with van der Waals surface area (Å²) < 4.78 is 7.68. The van der Waals surface area contributed by atoms with E-state index in [1.165, 1.54) is 0 Å². The predicted octanol–water partition coefficient (Wildman–Crippen LogP) is 3.23. The first-order chi connectivity index (χ1) is 12.9. The van der Waals surface area contributed by atoms with Crippen LogP contribution in [0.15, 0.2) is 78.3 Å². The number of aromatic nitrogens is 2. The molecule has 1 heterocycles. The highest BCUT2D eigenvalue weighted by Crippen LogP contribution is 2.13. The van der Waals surface area contributed by atoms with Gasteiger partial charge in [0, 0.05) is 26.0 Å². The molecule has 6 nitrogen and oxygen atoms in total. The van der Waals surface area contributed by atoms with E-state index in [0.717, 1.165) is 23.0 Å². The van der Waals surface area contributed by atoms with Crippen LogP contribution < -0.4 is 15.4 Å². The highest BCUT2D eigenvalue weighted by molar-refractivity contribution is 14.0. The first-order valence-corrected chi connectivity index (χ1v) is 8.55. The molecule has 0 saturated heterocycles. The zero-order valence-electron chi connectivity index (χ0n) is 15.2. The van der Waals surface area contributed by atoms with E-state index < -0.39 is 0 Å². The summed E-state index contributed by atoms with van der Waals surface area (Å²) in [5.74, 6) is 1.61. The Labute approximate surface area is 176 Å². The zero-order valence-corrected chi connectivity index (χ0v) is 17.5. The minimum absolute atomic E-state index is 0. The Kier molecular flexibility index (Phi) is 8.63. The maximum absolute atomic E-state index is 5.68. The summed E-state index contributed by atoms with van der Waals surface area (Å²) in [5, 5.41) is 6.60. The zero-order chi connectivity index (χ0) is 18.0. The number of nitrogens with one attached hydrogen (secondary N) is 2. The summed E-state index contributed by atoms with van der Waals surface area (Å²) in [6.45, 7) is 1.89. The smallest absolute Gasteiger partial charge is 0.191 e. The van der Waals surface area contributed by atoms with E-state index in [0.29, 0.717) is 19.7 Å². The number of halogens is 1. The van der Waals surface area contributed by atoms with E-state index in [1.807, 2.05) is 53.2 Å². The second kappa shape index (κ2) is 11.2. The van der Waals surface area contributed by atoms with Crippen LogP contribution in [0, 0.1) is 0 Å². The molecule has 1 aromatic heterocycles. The molecule has 142 valence electrons. The van der Waals surface area contributed by atoms with Gasteiger partial charge in [0.15, 0.2) is 5.96 Å². The molecule has 0 fully saturated rings. The number of hydrogen-bond donors (Lipinski definition) is 2. The van der Waals surface area contributed by atoms with Crippen LogP contribution in [0.1, 0.15) is 5.56 Å². The highest BCUT2D eigenvalue weighted by Gasteiger charge is 2.05. The van der Waals surface area contributed by atoms with Gasteiger partial charge in [-0.1, -0.05) is 36.4 Å². The fraction of sp³-hybridized carbons (Fsp3) is 0.200. The van der Waals surface area contributed by atoms with Crippen molar-refractivity contribution < 1.29 is 4.74 Å². The van der Waals surface area contributed by atoms with Gasteiger partial charge in [-0.15, -0.1) is 24.0 Å². The maximum Gasteiger partial charge on any atom is 0.191 e. The molecule has 0 amide bonds. The average Bonchev–Trinajstić information content (AvgIpc) is 3.23. The number of ether oxygens (including phenoxy) is 1. The standard InChI is InChI=1S/C20H23N5O.HI/c1-21-20(23-12-14-26-18-8-3-2-4-9-18)24-15-17-7-5-6-10-19(17)25-13-11-22-16-25;/h2-11,13,16H,12,14-15H2,1H3,(H2,21,23,24);1H. The van der Waals surface area contributed by atoms with Gasteiger partial charge in [0.1, 0.15) is 12.4 Å². The maximum atomic E-state index is 5.68. The SMILES string of the molecule is CN=C(NCCOc1ccccc1)NCc1ccccc1-n1ccnc1.I. The van der Waals surface area contributed by atoms with Crippen molar-refractivity contribution in [1.82, 2.24) is 20.2 Å². The molecule has 2 aromatic carbocycles. The minimum Gasteiger partial charge on any atom is -0.492 e. The molecule has 0 aliphatic heterocycles. The number of benzene rings is 2. The van der Waals surface area contributed by atoms with Crippen molar-refractivity contribution in [2.45, 2.75) is 6.54 Å². The highest BCUT2D eigenvalue weighted by atomic mass is 127. The van der Waals surface area contributed by atoms with Crippen LogP contribution in [0.4, 0.5) is 0 Å². The number of aliphatic imine (C=N–C) groups is 1. The van der Waals surface area contributed by atoms with Gasteiger partial charge in [0.05, 0.1) is 18.6 Å². The van der Waals surface area contributed by atoms with Crippen molar-refractivity contribution in [2.75, 3.05) is 20.2 Å². The Hall–Kier alpha value is -2.55. The average molecular weight is 477 g/mol. The van der Waals surface area contributed by atoms with Crippen molar-refractivity contribution >= 4 is 29.9 Å². The van der Waals surface area contributed by atoms with Crippen LogP contribution in [0.5, 0.6) is 5.75 Å². The van der Waals surface area contributed by atoms with Crippen molar-refractivity contribution in [3.05, 3.63) is 78.9 Å². The molecular formula is C20H24IN5O. The Morgan fingerprint density at radius 1 is 1.07 bits per heavy atom. The van der Waals surface area contributed by atoms with Crippen LogP contribution in [-0.2, 0) is 6.54 Å². The van der Waals surface area contributed by atoms with E-state index in [2.05, 4.69) is 32.7 Å². The molecule has 2 N–H and O–H groups in total. The topological polar surface area (TPSA) is 63.5 Å².